The van der Waals surface area contributed by atoms with Crippen LogP contribution in [-0.2, 0) is 6.42 Å². The molecule has 3 heterocycles. The molecule has 5 rings (SSSR count). The van der Waals surface area contributed by atoms with Gasteiger partial charge in [-0.05, 0) is 74.2 Å². The monoisotopic (exact) mass is 411 g/mol. The predicted octanol–water partition coefficient (Wildman–Crippen LogP) is 4.90. The highest BCUT2D eigenvalue weighted by atomic mass is 16.5. The van der Waals surface area contributed by atoms with Crippen LogP contribution in [0.1, 0.15) is 33.8 Å². The Bertz CT molecular complexity index is 1430. The van der Waals surface area contributed by atoms with Gasteiger partial charge in [-0.25, -0.2) is 14.5 Å². The fraction of sp³-hybridized carbons (Fsp3) is 0.240. The molecule has 0 fully saturated rings. The number of aromatic nitrogens is 5. The Balaban J connectivity index is 1.63. The summed E-state index contributed by atoms with van der Waals surface area (Å²) < 4.78 is 9.25. The van der Waals surface area contributed by atoms with Gasteiger partial charge in [-0.15, -0.1) is 5.10 Å². The number of hydrogen-bond acceptors (Lipinski definition) is 4. The lowest BCUT2D eigenvalue weighted by molar-refractivity contribution is 0.414. The molecule has 0 aliphatic carbocycles. The van der Waals surface area contributed by atoms with Crippen LogP contribution < -0.4 is 4.74 Å². The van der Waals surface area contributed by atoms with E-state index in [-0.39, 0.29) is 0 Å². The Morgan fingerprint density at radius 1 is 0.903 bits per heavy atom. The van der Waals surface area contributed by atoms with E-state index in [0.717, 1.165) is 39.5 Å². The normalized spacial score (nSPS) is 11.5. The summed E-state index contributed by atoms with van der Waals surface area (Å²) in [6, 6.07) is 14.5. The molecule has 0 aliphatic heterocycles. The van der Waals surface area contributed by atoms with Gasteiger partial charge in [0.1, 0.15) is 12.1 Å². The number of aryl methyl sites for hydroxylation is 3. The first-order valence-electron chi connectivity index (χ1n) is 10.4. The molecule has 6 nitrogen and oxygen atoms in total. The number of nitrogens with zero attached hydrogens (tertiary/aromatic N) is 5. The summed E-state index contributed by atoms with van der Waals surface area (Å²) in [5.74, 6) is 1.62. The van der Waals surface area contributed by atoms with Gasteiger partial charge in [-0.1, -0.05) is 18.2 Å². The van der Waals surface area contributed by atoms with E-state index in [4.69, 9.17) is 14.7 Å². The third-order valence-corrected chi connectivity index (χ3v) is 6.15. The third kappa shape index (κ3) is 3.15. The van der Waals surface area contributed by atoms with Gasteiger partial charge in [-0.3, -0.25) is 4.57 Å². The zero-order valence-electron chi connectivity index (χ0n) is 18.5. The molecular formula is C25H25N5O. The number of fused-ring (bicyclic) bond motifs is 3. The minimum atomic E-state index is 0.656. The van der Waals surface area contributed by atoms with E-state index in [1.807, 2.05) is 24.3 Å². The highest BCUT2D eigenvalue weighted by Gasteiger charge is 2.19. The van der Waals surface area contributed by atoms with E-state index in [1.165, 1.54) is 22.4 Å². The van der Waals surface area contributed by atoms with Crippen LogP contribution in [0.2, 0.25) is 0 Å². The maximum atomic E-state index is 5.25. The van der Waals surface area contributed by atoms with Gasteiger partial charge < -0.3 is 4.74 Å². The van der Waals surface area contributed by atoms with Crippen molar-refractivity contribution >= 4 is 16.7 Å². The van der Waals surface area contributed by atoms with E-state index < -0.39 is 0 Å². The van der Waals surface area contributed by atoms with Crippen LogP contribution in [-0.4, -0.2) is 31.3 Å². The molecule has 156 valence electrons. The van der Waals surface area contributed by atoms with Crippen LogP contribution in [0, 0.1) is 27.7 Å². The molecule has 0 bridgehead atoms. The van der Waals surface area contributed by atoms with Crippen molar-refractivity contribution in [2.75, 3.05) is 7.11 Å². The molecule has 5 aromatic rings. The van der Waals surface area contributed by atoms with Crippen molar-refractivity contribution < 1.29 is 4.74 Å². The summed E-state index contributed by atoms with van der Waals surface area (Å²) in [7, 11) is 1.67. The largest absolute Gasteiger partial charge is 0.497 e. The highest BCUT2D eigenvalue weighted by molar-refractivity contribution is 5.95. The second-order valence-electron chi connectivity index (χ2n) is 8.08. The number of benzene rings is 2. The summed E-state index contributed by atoms with van der Waals surface area (Å²) in [6.45, 7) is 8.54. The second-order valence-corrected chi connectivity index (χ2v) is 8.08. The van der Waals surface area contributed by atoms with Crippen LogP contribution in [0.5, 0.6) is 5.75 Å². The molecule has 0 saturated carbocycles. The minimum absolute atomic E-state index is 0.656. The van der Waals surface area contributed by atoms with Gasteiger partial charge in [0.25, 0.3) is 0 Å². The van der Waals surface area contributed by atoms with Crippen LogP contribution >= 0.6 is 0 Å². The lowest BCUT2D eigenvalue weighted by atomic mass is 10.1. The summed E-state index contributed by atoms with van der Waals surface area (Å²) in [5, 5.41) is 5.73. The average Bonchev–Trinajstić information content (AvgIpc) is 3.29. The van der Waals surface area contributed by atoms with Crippen LogP contribution in [0.3, 0.4) is 0 Å². The fourth-order valence-corrected chi connectivity index (χ4v) is 4.09. The molecule has 2 aromatic carbocycles. The Kier molecular flexibility index (Phi) is 4.50. The first kappa shape index (κ1) is 19.3. The van der Waals surface area contributed by atoms with Gasteiger partial charge in [-0.2, -0.15) is 0 Å². The fourth-order valence-electron chi connectivity index (χ4n) is 4.09. The van der Waals surface area contributed by atoms with Gasteiger partial charge in [0, 0.05) is 17.8 Å². The van der Waals surface area contributed by atoms with Crippen molar-refractivity contribution in [3.05, 3.63) is 82.6 Å². The van der Waals surface area contributed by atoms with Crippen molar-refractivity contribution in [1.29, 1.82) is 0 Å². The SMILES string of the molecule is COc1ccc(Cc2nc3c4c(C)c(C)n(-c5ccc(C)c(C)c5)c4ncn3n2)cc1. The first-order valence-corrected chi connectivity index (χ1v) is 10.4. The Hall–Kier alpha value is -3.67. The highest BCUT2D eigenvalue weighted by Crippen LogP contribution is 2.30. The van der Waals surface area contributed by atoms with E-state index in [2.05, 4.69) is 55.6 Å². The first-order chi connectivity index (χ1) is 15.0. The van der Waals surface area contributed by atoms with E-state index in [1.54, 1.807) is 18.0 Å². The maximum Gasteiger partial charge on any atom is 0.168 e. The van der Waals surface area contributed by atoms with Gasteiger partial charge in [0.2, 0.25) is 0 Å². The number of hydrogen-bond donors (Lipinski definition) is 0. The third-order valence-electron chi connectivity index (χ3n) is 6.15. The van der Waals surface area contributed by atoms with E-state index in [0.29, 0.717) is 6.42 Å². The minimum Gasteiger partial charge on any atom is -0.497 e. The van der Waals surface area contributed by atoms with Crippen molar-refractivity contribution in [2.45, 2.75) is 34.1 Å². The molecular weight excluding hydrogens is 386 g/mol. The number of ether oxygens (including phenoxy) is 1. The Labute approximate surface area is 181 Å². The lowest BCUT2D eigenvalue weighted by Gasteiger charge is -2.10. The molecule has 0 N–H and O–H groups in total. The molecule has 0 aliphatic rings. The molecule has 0 unspecified atom stereocenters. The summed E-state index contributed by atoms with van der Waals surface area (Å²) in [4.78, 5) is 9.66. The average molecular weight is 412 g/mol. The molecule has 3 aromatic heterocycles. The van der Waals surface area contributed by atoms with Gasteiger partial charge in [0.15, 0.2) is 17.1 Å². The molecule has 0 radical (unpaired) electrons. The second kappa shape index (κ2) is 7.23. The van der Waals surface area contributed by atoms with Crippen molar-refractivity contribution in [2.24, 2.45) is 0 Å². The molecule has 0 atom stereocenters. The van der Waals surface area contributed by atoms with Gasteiger partial charge >= 0.3 is 0 Å². The summed E-state index contributed by atoms with van der Waals surface area (Å²) in [6.07, 6.45) is 2.42. The predicted molar refractivity (Wildman–Crippen MR) is 122 cm³/mol. The van der Waals surface area contributed by atoms with Crippen molar-refractivity contribution in [3.8, 4) is 11.4 Å². The number of methoxy groups -OCH3 is 1. The number of rotatable bonds is 4. The molecule has 6 heteroatoms. The van der Waals surface area contributed by atoms with Crippen LogP contribution in [0.25, 0.3) is 22.4 Å². The quantitative estimate of drug-likeness (QED) is 0.422. The molecule has 31 heavy (non-hydrogen) atoms. The molecule has 0 spiro atoms. The Morgan fingerprint density at radius 2 is 1.68 bits per heavy atom. The topological polar surface area (TPSA) is 57.2 Å². The zero-order chi connectivity index (χ0) is 21.7. The molecule has 0 amide bonds. The summed E-state index contributed by atoms with van der Waals surface area (Å²) >= 11 is 0. The van der Waals surface area contributed by atoms with Crippen LogP contribution in [0.15, 0.2) is 48.8 Å². The lowest BCUT2D eigenvalue weighted by Crippen LogP contribution is -2.00. The van der Waals surface area contributed by atoms with Crippen molar-refractivity contribution in [3.63, 3.8) is 0 Å². The molecule has 0 saturated heterocycles. The maximum absolute atomic E-state index is 5.25. The van der Waals surface area contributed by atoms with E-state index >= 15 is 0 Å². The van der Waals surface area contributed by atoms with E-state index in [9.17, 15) is 0 Å². The zero-order valence-corrected chi connectivity index (χ0v) is 18.5. The summed E-state index contributed by atoms with van der Waals surface area (Å²) in [5.41, 5.74) is 8.90. The van der Waals surface area contributed by atoms with Crippen LogP contribution in [0.4, 0.5) is 0 Å². The van der Waals surface area contributed by atoms with Gasteiger partial charge in [0.05, 0.1) is 12.5 Å². The van der Waals surface area contributed by atoms with Crippen molar-refractivity contribution in [1.82, 2.24) is 24.1 Å². The Morgan fingerprint density at radius 3 is 2.39 bits per heavy atom. The standard InChI is InChI=1S/C25H25N5O/c1-15-6-9-20(12-16(15)2)30-18(4)17(3)23-24(30)26-14-29-25(23)27-22(28-29)13-19-7-10-21(31-5)11-8-19/h6-12,14H,13H2,1-5H3. The smallest absolute Gasteiger partial charge is 0.168 e.